The van der Waals surface area contributed by atoms with Crippen LogP contribution in [0.4, 0.5) is 0 Å². The molecule has 0 fully saturated rings. The Kier molecular flexibility index (Phi) is 5.41. The Balaban J connectivity index is 3.68. The maximum absolute atomic E-state index is 8.73. The van der Waals surface area contributed by atoms with Gasteiger partial charge in [-0.15, -0.1) is 0 Å². The molecule has 0 rings (SSSR count). The number of hydrogen-bond donors (Lipinski definition) is 4. The summed E-state index contributed by atoms with van der Waals surface area (Å²) in [5, 5.41) is 34.9. The highest BCUT2D eigenvalue weighted by Gasteiger charge is 2.30. The van der Waals surface area contributed by atoms with E-state index in [4.69, 9.17) is 20.4 Å². The van der Waals surface area contributed by atoms with Gasteiger partial charge in [-0.05, 0) is 6.42 Å². The van der Waals surface area contributed by atoms with E-state index in [1.54, 1.807) is 0 Å². The van der Waals surface area contributed by atoms with E-state index in [-0.39, 0.29) is 0 Å². The van der Waals surface area contributed by atoms with Gasteiger partial charge in [0, 0.05) is 0 Å². The predicted molar refractivity (Wildman–Crippen MR) is 44.1 cm³/mol. The molecule has 0 saturated carbocycles. The van der Waals surface area contributed by atoms with Crippen molar-refractivity contribution in [1.82, 2.24) is 0 Å². The molecule has 1 unspecified atom stereocenters. The molecule has 0 radical (unpaired) electrons. The van der Waals surface area contributed by atoms with E-state index in [0.29, 0.717) is 6.42 Å². The van der Waals surface area contributed by atoms with Crippen molar-refractivity contribution in [3.63, 3.8) is 0 Å². The summed E-state index contributed by atoms with van der Waals surface area (Å²) < 4.78 is 0. The fourth-order valence-corrected chi connectivity index (χ4v) is 1.05. The molecule has 1 atom stereocenters. The van der Waals surface area contributed by atoms with Crippen molar-refractivity contribution in [3.05, 3.63) is 0 Å². The maximum atomic E-state index is 8.73. The number of rotatable bonds is 6. The molecule has 74 valence electrons. The first-order chi connectivity index (χ1) is 5.52. The van der Waals surface area contributed by atoms with Gasteiger partial charge in [0.2, 0.25) is 0 Å². The fourth-order valence-electron chi connectivity index (χ4n) is 1.05. The predicted octanol–water partition coefficient (Wildman–Crippen LogP) is -0.194. The number of unbranched alkanes of at least 4 members (excludes halogenated alkanes) is 2. The van der Waals surface area contributed by atoms with Crippen molar-refractivity contribution < 1.29 is 20.4 Å². The highest BCUT2D eigenvalue weighted by molar-refractivity contribution is 4.64. The van der Waals surface area contributed by atoms with Gasteiger partial charge in [-0.25, -0.2) is 0 Å². The third kappa shape index (κ3) is 4.66. The van der Waals surface area contributed by atoms with Crippen LogP contribution >= 0.6 is 0 Å². The average molecular weight is 178 g/mol. The van der Waals surface area contributed by atoms with E-state index in [1.807, 2.05) is 6.92 Å². The van der Waals surface area contributed by atoms with Crippen LogP contribution in [0.1, 0.15) is 32.6 Å². The van der Waals surface area contributed by atoms with Crippen LogP contribution in [-0.4, -0.2) is 33.0 Å². The van der Waals surface area contributed by atoms with Crippen LogP contribution in [0.15, 0.2) is 0 Å². The molecule has 0 aliphatic carbocycles. The average Bonchev–Trinajstić information content (AvgIpc) is 1.95. The standard InChI is InChI=1S/C8H18O4/c1-2-3-4-5-7(6-9)8(10,11)12/h7,9-12H,2-6H2,1H3. The monoisotopic (exact) mass is 178 g/mol. The molecule has 4 heteroatoms. The SMILES string of the molecule is CCCCCC(CO)C(O)(O)O. The van der Waals surface area contributed by atoms with Gasteiger partial charge >= 0.3 is 0 Å². The summed E-state index contributed by atoms with van der Waals surface area (Å²) in [6.45, 7) is 1.62. The second-order valence-electron chi connectivity index (χ2n) is 3.06. The van der Waals surface area contributed by atoms with Gasteiger partial charge < -0.3 is 20.4 Å². The Labute approximate surface area is 72.5 Å². The lowest BCUT2D eigenvalue weighted by Gasteiger charge is -2.23. The summed E-state index contributed by atoms with van der Waals surface area (Å²) in [7, 11) is 0. The quantitative estimate of drug-likeness (QED) is 0.335. The Morgan fingerprint density at radius 3 is 2.08 bits per heavy atom. The van der Waals surface area contributed by atoms with Crippen molar-refractivity contribution in [3.8, 4) is 0 Å². The zero-order valence-corrected chi connectivity index (χ0v) is 7.40. The molecule has 0 spiro atoms. The van der Waals surface area contributed by atoms with Gasteiger partial charge in [-0.1, -0.05) is 26.2 Å². The third-order valence-corrected chi connectivity index (χ3v) is 1.92. The van der Waals surface area contributed by atoms with Gasteiger partial charge in [-0.2, -0.15) is 0 Å². The third-order valence-electron chi connectivity index (χ3n) is 1.92. The van der Waals surface area contributed by atoms with E-state index < -0.39 is 18.5 Å². The molecule has 0 aliphatic heterocycles. The second kappa shape index (κ2) is 5.48. The Hall–Kier alpha value is -0.160. The second-order valence-corrected chi connectivity index (χ2v) is 3.06. The minimum absolute atomic E-state index is 0.410. The van der Waals surface area contributed by atoms with Crippen molar-refractivity contribution in [2.45, 2.75) is 38.6 Å². The summed E-state index contributed by atoms with van der Waals surface area (Å²) in [5.41, 5.74) is 0. The Morgan fingerprint density at radius 2 is 1.75 bits per heavy atom. The minimum atomic E-state index is -2.73. The Bertz CT molecular complexity index is 108. The fraction of sp³-hybridized carbons (Fsp3) is 1.00. The lowest BCUT2D eigenvalue weighted by Crippen LogP contribution is -2.39. The molecule has 0 heterocycles. The molecule has 12 heavy (non-hydrogen) atoms. The molecule has 0 saturated heterocycles. The summed E-state index contributed by atoms with van der Waals surface area (Å²) in [6, 6.07) is 0. The van der Waals surface area contributed by atoms with E-state index in [1.165, 1.54) is 0 Å². The molecule has 0 aromatic carbocycles. The largest absolute Gasteiger partial charge is 0.396 e. The Morgan fingerprint density at radius 1 is 1.17 bits per heavy atom. The van der Waals surface area contributed by atoms with Crippen molar-refractivity contribution in [2.75, 3.05) is 6.61 Å². The van der Waals surface area contributed by atoms with Crippen LogP contribution in [0.5, 0.6) is 0 Å². The van der Waals surface area contributed by atoms with E-state index in [0.717, 1.165) is 19.3 Å². The van der Waals surface area contributed by atoms with Gasteiger partial charge in [0.05, 0.1) is 12.5 Å². The van der Waals surface area contributed by atoms with Crippen LogP contribution in [0.3, 0.4) is 0 Å². The smallest absolute Gasteiger partial charge is 0.280 e. The van der Waals surface area contributed by atoms with Crippen molar-refractivity contribution in [1.29, 1.82) is 0 Å². The molecular weight excluding hydrogens is 160 g/mol. The number of aliphatic hydroxyl groups excluding tert-OH is 1. The molecule has 4 nitrogen and oxygen atoms in total. The van der Waals surface area contributed by atoms with Crippen LogP contribution < -0.4 is 0 Å². The van der Waals surface area contributed by atoms with Crippen molar-refractivity contribution in [2.24, 2.45) is 5.92 Å². The van der Waals surface area contributed by atoms with Gasteiger partial charge in [-0.3, -0.25) is 0 Å². The van der Waals surface area contributed by atoms with Gasteiger partial charge in [0.1, 0.15) is 0 Å². The van der Waals surface area contributed by atoms with Crippen LogP contribution in [0.2, 0.25) is 0 Å². The first-order valence-corrected chi connectivity index (χ1v) is 4.30. The molecule has 0 aromatic rings. The summed E-state index contributed by atoms with van der Waals surface area (Å²) in [4.78, 5) is 0. The normalized spacial score (nSPS) is 14.8. The van der Waals surface area contributed by atoms with Gasteiger partial charge in [0.15, 0.2) is 0 Å². The molecular formula is C8H18O4. The first kappa shape index (κ1) is 11.8. The number of aliphatic hydroxyl groups is 4. The zero-order chi connectivity index (χ0) is 9.61. The lowest BCUT2D eigenvalue weighted by atomic mass is 10.00. The highest BCUT2D eigenvalue weighted by Crippen LogP contribution is 2.18. The van der Waals surface area contributed by atoms with Crippen LogP contribution in [-0.2, 0) is 0 Å². The van der Waals surface area contributed by atoms with Crippen LogP contribution in [0.25, 0.3) is 0 Å². The van der Waals surface area contributed by atoms with E-state index in [9.17, 15) is 0 Å². The molecule has 4 N–H and O–H groups in total. The van der Waals surface area contributed by atoms with E-state index >= 15 is 0 Å². The first-order valence-electron chi connectivity index (χ1n) is 4.30. The molecule has 0 aromatic heterocycles. The summed E-state index contributed by atoms with van der Waals surface area (Å²) in [6.07, 6.45) is 3.19. The lowest BCUT2D eigenvalue weighted by molar-refractivity contribution is -0.346. The highest BCUT2D eigenvalue weighted by atomic mass is 16.7. The summed E-state index contributed by atoms with van der Waals surface area (Å²) in [5.74, 6) is -3.59. The molecule has 0 aliphatic rings. The number of hydrogen-bond acceptors (Lipinski definition) is 4. The van der Waals surface area contributed by atoms with Gasteiger partial charge in [0.25, 0.3) is 5.97 Å². The maximum Gasteiger partial charge on any atom is 0.280 e. The minimum Gasteiger partial charge on any atom is -0.396 e. The van der Waals surface area contributed by atoms with E-state index in [2.05, 4.69) is 0 Å². The topological polar surface area (TPSA) is 80.9 Å². The van der Waals surface area contributed by atoms with Crippen LogP contribution in [0, 0.1) is 5.92 Å². The zero-order valence-electron chi connectivity index (χ0n) is 7.40. The summed E-state index contributed by atoms with van der Waals surface area (Å²) >= 11 is 0. The molecule has 0 amide bonds. The molecule has 0 bridgehead atoms. The van der Waals surface area contributed by atoms with Crippen molar-refractivity contribution >= 4 is 0 Å².